The van der Waals surface area contributed by atoms with Gasteiger partial charge in [0.1, 0.15) is 6.10 Å². The van der Waals surface area contributed by atoms with Crippen LogP contribution in [0.4, 0.5) is 0 Å². The van der Waals surface area contributed by atoms with Crippen LogP contribution in [0.2, 0.25) is 0 Å². The Balaban J connectivity index is 1.79. The van der Waals surface area contributed by atoms with Gasteiger partial charge in [-0.05, 0) is 31.6 Å². The van der Waals surface area contributed by atoms with Gasteiger partial charge in [-0.3, -0.25) is 4.79 Å². The van der Waals surface area contributed by atoms with Gasteiger partial charge in [0, 0.05) is 6.61 Å². The molecule has 0 amide bonds. The topological polar surface area (TPSA) is 85.5 Å². The van der Waals surface area contributed by atoms with Crippen molar-refractivity contribution >= 4 is 5.97 Å². The smallest absolute Gasteiger partial charge is 0.307 e. The fourth-order valence-corrected chi connectivity index (χ4v) is 3.15. The summed E-state index contributed by atoms with van der Waals surface area (Å²) in [6.07, 6.45) is 3.30. The molecule has 19 heavy (non-hydrogen) atoms. The SMILES string of the molecule is CC1CC(C(=O)O)C(c2nc(C3CCCO3)no2)C1. The fraction of sp³-hybridized carbons (Fsp3) is 0.769. The van der Waals surface area contributed by atoms with Gasteiger partial charge in [0.15, 0.2) is 0 Å². The fourth-order valence-electron chi connectivity index (χ4n) is 3.15. The van der Waals surface area contributed by atoms with Crippen LogP contribution in [0.1, 0.15) is 56.3 Å². The Morgan fingerprint density at radius 2 is 2.26 bits per heavy atom. The molecule has 1 aromatic heterocycles. The van der Waals surface area contributed by atoms with Crippen molar-refractivity contribution in [3.8, 4) is 0 Å². The average Bonchev–Trinajstić information content (AvgIpc) is 3.07. The summed E-state index contributed by atoms with van der Waals surface area (Å²) in [4.78, 5) is 15.7. The second-order valence-electron chi connectivity index (χ2n) is 5.62. The first kappa shape index (κ1) is 12.6. The van der Waals surface area contributed by atoms with E-state index in [1.807, 2.05) is 0 Å². The quantitative estimate of drug-likeness (QED) is 0.902. The lowest BCUT2D eigenvalue weighted by atomic mass is 9.96. The third-order valence-corrected chi connectivity index (χ3v) is 4.11. The minimum atomic E-state index is -0.772. The summed E-state index contributed by atoms with van der Waals surface area (Å²) < 4.78 is 10.8. The van der Waals surface area contributed by atoms with E-state index in [0.29, 0.717) is 24.1 Å². The predicted molar refractivity (Wildman–Crippen MR) is 64.5 cm³/mol. The number of rotatable bonds is 3. The summed E-state index contributed by atoms with van der Waals surface area (Å²) >= 11 is 0. The standard InChI is InChI=1S/C13H18N2O4/c1-7-5-8(9(6-7)13(16)17)12-14-11(15-19-12)10-3-2-4-18-10/h7-10H,2-6H2,1H3,(H,16,17). The van der Waals surface area contributed by atoms with Crippen LogP contribution in [0.5, 0.6) is 0 Å². The number of ether oxygens (including phenoxy) is 1. The predicted octanol–water partition coefficient (Wildman–Crippen LogP) is 2.14. The zero-order valence-corrected chi connectivity index (χ0v) is 10.9. The number of carboxylic acid groups (broad SMARTS) is 1. The van der Waals surface area contributed by atoms with E-state index in [0.717, 1.165) is 25.9 Å². The summed E-state index contributed by atoms with van der Waals surface area (Å²) in [6.45, 7) is 2.79. The van der Waals surface area contributed by atoms with E-state index in [2.05, 4.69) is 17.1 Å². The van der Waals surface area contributed by atoms with Gasteiger partial charge >= 0.3 is 5.97 Å². The molecule has 4 unspecified atom stereocenters. The first-order valence-electron chi connectivity index (χ1n) is 6.83. The third-order valence-electron chi connectivity index (χ3n) is 4.11. The van der Waals surface area contributed by atoms with Crippen molar-refractivity contribution in [2.45, 2.75) is 44.6 Å². The Morgan fingerprint density at radius 1 is 1.42 bits per heavy atom. The van der Waals surface area contributed by atoms with Crippen molar-refractivity contribution in [1.29, 1.82) is 0 Å². The van der Waals surface area contributed by atoms with Gasteiger partial charge in [0.2, 0.25) is 11.7 Å². The minimum absolute atomic E-state index is 0.0837. The normalized spacial score (nSPS) is 34.8. The molecule has 2 heterocycles. The van der Waals surface area contributed by atoms with Gasteiger partial charge in [-0.2, -0.15) is 4.98 Å². The number of nitrogens with zero attached hydrogens (tertiary/aromatic N) is 2. The first-order chi connectivity index (χ1) is 9.15. The van der Waals surface area contributed by atoms with Gasteiger partial charge in [-0.25, -0.2) is 0 Å². The van der Waals surface area contributed by atoms with E-state index in [9.17, 15) is 9.90 Å². The Morgan fingerprint density at radius 3 is 2.95 bits per heavy atom. The highest BCUT2D eigenvalue weighted by Gasteiger charge is 2.41. The van der Waals surface area contributed by atoms with Crippen LogP contribution in [0.25, 0.3) is 0 Å². The number of aliphatic carboxylic acids is 1. The van der Waals surface area contributed by atoms with Crippen LogP contribution < -0.4 is 0 Å². The molecule has 2 aliphatic rings. The van der Waals surface area contributed by atoms with Crippen LogP contribution >= 0.6 is 0 Å². The van der Waals surface area contributed by atoms with Crippen molar-refractivity contribution < 1.29 is 19.2 Å². The molecule has 1 saturated heterocycles. The van der Waals surface area contributed by atoms with Gasteiger partial charge < -0.3 is 14.4 Å². The highest BCUT2D eigenvalue weighted by Crippen LogP contribution is 2.42. The molecule has 1 aliphatic carbocycles. The van der Waals surface area contributed by atoms with Crippen LogP contribution in [0.3, 0.4) is 0 Å². The summed E-state index contributed by atoms with van der Waals surface area (Å²) in [7, 11) is 0. The van der Waals surface area contributed by atoms with Crippen molar-refractivity contribution in [3.63, 3.8) is 0 Å². The summed E-state index contributed by atoms with van der Waals surface area (Å²) in [5.74, 6) is 0.0665. The second kappa shape index (κ2) is 4.92. The van der Waals surface area contributed by atoms with Crippen LogP contribution in [-0.4, -0.2) is 27.8 Å². The van der Waals surface area contributed by atoms with Gasteiger partial charge in [-0.15, -0.1) is 0 Å². The lowest BCUT2D eigenvalue weighted by Crippen LogP contribution is -2.17. The molecular weight excluding hydrogens is 248 g/mol. The molecule has 2 fully saturated rings. The number of carboxylic acids is 1. The van der Waals surface area contributed by atoms with Gasteiger partial charge in [0.25, 0.3) is 0 Å². The van der Waals surface area contributed by atoms with Crippen LogP contribution in [0, 0.1) is 11.8 Å². The maximum Gasteiger partial charge on any atom is 0.307 e. The number of hydrogen-bond donors (Lipinski definition) is 1. The van der Waals surface area contributed by atoms with Crippen LogP contribution in [0.15, 0.2) is 4.52 Å². The molecule has 6 nitrogen and oxygen atoms in total. The summed E-state index contributed by atoms with van der Waals surface area (Å²) in [5.41, 5.74) is 0. The van der Waals surface area contributed by atoms with E-state index in [4.69, 9.17) is 9.26 Å². The number of carbonyl (C=O) groups is 1. The third kappa shape index (κ3) is 2.36. The Kier molecular flexibility index (Phi) is 3.26. The Hall–Kier alpha value is -1.43. The lowest BCUT2D eigenvalue weighted by Gasteiger charge is -2.10. The highest BCUT2D eigenvalue weighted by atomic mass is 16.5. The zero-order valence-electron chi connectivity index (χ0n) is 10.9. The largest absolute Gasteiger partial charge is 0.481 e. The van der Waals surface area contributed by atoms with Crippen molar-refractivity contribution in [1.82, 2.24) is 10.1 Å². The molecule has 1 aromatic rings. The molecular formula is C13H18N2O4. The molecule has 4 atom stereocenters. The average molecular weight is 266 g/mol. The maximum absolute atomic E-state index is 11.3. The van der Waals surface area contributed by atoms with Gasteiger partial charge in [-0.1, -0.05) is 12.1 Å². The summed E-state index contributed by atoms with van der Waals surface area (Å²) in [6, 6.07) is 0. The molecule has 0 bridgehead atoms. The molecule has 0 radical (unpaired) electrons. The van der Waals surface area contributed by atoms with E-state index >= 15 is 0 Å². The van der Waals surface area contributed by atoms with Crippen molar-refractivity contribution in [3.05, 3.63) is 11.7 Å². The molecule has 104 valence electrons. The summed E-state index contributed by atoms with van der Waals surface area (Å²) in [5, 5.41) is 13.2. The monoisotopic (exact) mass is 266 g/mol. The van der Waals surface area contributed by atoms with E-state index in [1.165, 1.54) is 0 Å². The molecule has 1 aliphatic heterocycles. The zero-order chi connectivity index (χ0) is 13.4. The minimum Gasteiger partial charge on any atom is -0.481 e. The molecule has 1 saturated carbocycles. The van der Waals surface area contributed by atoms with Gasteiger partial charge in [0.05, 0.1) is 11.8 Å². The molecule has 3 rings (SSSR count). The van der Waals surface area contributed by atoms with E-state index < -0.39 is 11.9 Å². The van der Waals surface area contributed by atoms with Crippen LogP contribution in [-0.2, 0) is 9.53 Å². The number of aromatic nitrogens is 2. The Labute approximate surface area is 111 Å². The molecule has 0 aromatic carbocycles. The molecule has 6 heteroatoms. The first-order valence-corrected chi connectivity index (χ1v) is 6.83. The van der Waals surface area contributed by atoms with E-state index in [-0.39, 0.29) is 12.0 Å². The molecule has 0 spiro atoms. The molecule has 1 N–H and O–H groups in total. The van der Waals surface area contributed by atoms with Crippen molar-refractivity contribution in [2.75, 3.05) is 6.61 Å². The Bertz CT molecular complexity index is 467. The maximum atomic E-state index is 11.3. The second-order valence-corrected chi connectivity index (χ2v) is 5.62. The van der Waals surface area contributed by atoms with Crippen molar-refractivity contribution in [2.24, 2.45) is 11.8 Å². The number of hydrogen-bond acceptors (Lipinski definition) is 5. The van der Waals surface area contributed by atoms with E-state index in [1.54, 1.807) is 0 Å². The highest BCUT2D eigenvalue weighted by molar-refractivity contribution is 5.71. The lowest BCUT2D eigenvalue weighted by molar-refractivity contribution is -0.142.